The molecule has 0 amide bonds. The van der Waals surface area contributed by atoms with Crippen molar-refractivity contribution in [3.05, 3.63) is 29.8 Å². The van der Waals surface area contributed by atoms with E-state index in [0.717, 1.165) is 18.7 Å². The molecule has 2 N–H and O–H groups in total. The fourth-order valence-electron chi connectivity index (χ4n) is 2.64. The number of ether oxygens (including phenoxy) is 1. The predicted octanol–water partition coefficient (Wildman–Crippen LogP) is 3.80. The van der Waals surface area contributed by atoms with E-state index < -0.39 is 0 Å². The number of rotatable bonds is 4. The molecule has 0 saturated heterocycles. The summed E-state index contributed by atoms with van der Waals surface area (Å²) in [7, 11) is 0. The highest BCUT2D eigenvalue weighted by Crippen LogP contribution is 2.36. The second-order valence-electron chi connectivity index (χ2n) is 6.18. The van der Waals surface area contributed by atoms with Gasteiger partial charge in [0.2, 0.25) is 0 Å². The van der Waals surface area contributed by atoms with Crippen molar-refractivity contribution >= 4 is 5.69 Å². The zero-order valence-corrected chi connectivity index (χ0v) is 11.6. The second-order valence-corrected chi connectivity index (χ2v) is 6.18. The predicted molar refractivity (Wildman–Crippen MR) is 76.5 cm³/mol. The van der Waals surface area contributed by atoms with Gasteiger partial charge in [-0.05, 0) is 49.1 Å². The van der Waals surface area contributed by atoms with Crippen LogP contribution in [-0.4, -0.2) is 12.7 Å². The molecule has 2 rings (SSSR count). The number of hydrogen-bond donors (Lipinski definition) is 1. The lowest BCUT2D eigenvalue weighted by molar-refractivity contribution is 0.00592. The number of nitrogens with two attached hydrogens (primary N) is 1. The van der Waals surface area contributed by atoms with Crippen LogP contribution in [0.3, 0.4) is 0 Å². The summed E-state index contributed by atoms with van der Waals surface area (Å²) in [5, 5.41) is 0. The van der Waals surface area contributed by atoms with Gasteiger partial charge in [0.1, 0.15) is 0 Å². The molecule has 1 aliphatic rings. The van der Waals surface area contributed by atoms with Crippen molar-refractivity contribution < 1.29 is 4.74 Å². The fourth-order valence-corrected chi connectivity index (χ4v) is 2.64. The van der Waals surface area contributed by atoms with Crippen LogP contribution in [0.5, 0.6) is 0 Å². The third-order valence-electron chi connectivity index (χ3n) is 4.07. The number of para-hydroxylation sites is 1. The molecule has 0 heterocycles. The van der Waals surface area contributed by atoms with E-state index in [1.807, 2.05) is 18.2 Å². The molecule has 0 radical (unpaired) electrons. The summed E-state index contributed by atoms with van der Waals surface area (Å²) in [4.78, 5) is 0. The van der Waals surface area contributed by atoms with E-state index in [1.54, 1.807) is 0 Å². The molecule has 1 saturated carbocycles. The lowest BCUT2D eigenvalue weighted by atomic mass is 9.76. The molecule has 0 atom stereocenters. The summed E-state index contributed by atoms with van der Waals surface area (Å²) in [5.74, 6) is 0. The molecule has 2 nitrogen and oxygen atoms in total. The van der Waals surface area contributed by atoms with E-state index in [4.69, 9.17) is 10.5 Å². The Labute approximate surface area is 111 Å². The third kappa shape index (κ3) is 3.74. The summed E-state index contributed by atoms with van der Waals surface area (Å²) in [6.45, 7) is 5.50. The van der Waals surface area contributed by atoms with Crippen LogP contribution in [0.2, 0.25) is 0 Å². The minimum Gasteiger partial charge on any atom is -0.399 e. The number of nitrogen functional groups attached to an aromatic ring is 1. The standard InChI is InChI=1S/C16H25NO/c1-16(2)10-7-14(8-11-16)18-12-9-13-5-3-4-6-15(13)17/h3-6,14H,7-12,17H2,1-2H3. The van der Waals surface area contributed by atoms with Gasteiger partial charge in [-0.1, -0.05) is 32.0 Å². The first kappa shape index (κ1) is 13.4. The van der Waals surface area contributed by atoms with Gasteiger partial charge in [0, 0.05) is 5.69 Å². The van der Waals surface area contributed by atoms with Crippen LogP contribution in [0.4, 0.5) is 5.69 Å². The highest BCUT2D eigenvalue weighted by molar-refractivity contribution is 5.46. The van der Waals surface area contributed by atoms with Crippen LogP contribution < -0.4 is 5.73 Å². The highest BCUT2D eigenvalue weighted by Gasteiger charge is 2.26. The molecule has 0 bridgehead atoms. The van der Waals surface area contributed by atoms with Gasteiger partial charge in [-0.15, -0.1) is 0 Å². The third-order valence-corrected chi connectivity index (χ3v) is 4.07. The number of benzene rings is 1. The summed E-state index contributed by atoms with van der Waals surface area (Å²) in [6, 6.07) is 8.05. The first-order valence-corrected chi connectivity index (χ1v) is 7.02. The van der Waals surface area contributed by atoms with Crippen LogP contribution in [0.15, 0.2) is 24.3 Å². The van der Waals surface area contributed by atoms with Gasteiger partial charge >= 0.3 is 0 Å². The first-order chi connectivity index (χ1) is 8.57. The van der Waals surface area contributed by atoms with E-state index in [2.05, 4.69) is 19.9 Å². The van der Waals surface area contributed by atoms with E-state index in [9.17, 15) is 0 Å². The molecule has 2 heteroatoms. The highest BCUT2D eigenvalue weighted by atomic mass is 16.5. The van der Waals surface area contributed by atoms with Crippen molar-refractivity contribution in [1.29, 1.82) is 0 Å². The van der Waals surface area contributed by atoms with Gasteiger partial charge in [-0.2, -0.15) is 0 Å². The minimum absolute atomic E-state index is 0.461. The van der Waals surface area contributed by atoms with Crippen LogP contribution in [-0.2, 0) is 11.2 Å². The normalized spacial score (nSPS) is 19.9. The van der Waals surface area contributed by atoms with Gasteiger partial charge in [-0.3, -0.25) is 0 Å². The van der Waals surface area contributed by atoms with Gasteiger partial charge in [0.25, 0.3) is 0 Å². The summed E-state index contributed by atoms with van der Waals surface area (Å²) >= 11 is 0. The monoisotopic (exact) mass is 247 g/mol. The van der Waals surface area contributed by atoms with Crippen LogP contribution in [0, 0.1) is 5.41 Å². The van der Waals surface area contributed by atoms with Crippen molar-refractivity contribution in [3.8, 4) is 0 Å². The van der Waals surface area contributed by atoms with E-state index >= 15 is 0 Å². The maximum atomic E-state index is 5.98. The Morgan fingerprint density at radius 2 is 1.89 bits per heavy atom. The summed E-state index contributed by atoms with van der Waals surface area (Å²) < 4.78 is 5.98. The minimum atomic E-state index is 0.461. The van der Waals surface area contributed by atoms with Gasteiger partial charge in [0.15, 0.2) is 0 Å². The molecule has 100 valence electrons. The summed E-state index contributed by atoms with van der Waals surface area (Å²) in [5.41, 5.74) is 8.52. The smallest absolute Gasteiger partial charge is 0.0575 e. The molecule has 18 heavy (non-hydrogen) atoms. The van der Waals surface area contributed by atoms with Crippen molar-refractivity contribution in [2.75, 3.05) is 12.3 Å². The molecule has 1 aromatic carbocycles. The Morgan fingerprint density at radius 1 is 1.22 bits per heavy atom. The Kier molecular flexibility index (Phi) is 4.28. The Bertz CT molecular complexity index is 376. The molecule has 1 fully saturated rings. The van der Waals surface area contributed by atoms with Gasteiger partial charge < -0.3 is 10.5 Å². The molecule has 0 aromatic heterocycles. The average molecular weight is 247 g/mol. The van der Waals surface area contributed by atoms with E-state index in [1.165, 1.54) is 31.2 Å². The Hall–Kier alpha value is -1.02. The Morgan fingerprint density at radius 3 is 2.56 bits per heavy atom. The lowest BCUT2D eigenvalue weighted by Gasteiger charge is -2.34. The topological polar surface area (TPSA) is 35.2 Å². The largest absolute Gasteiger partial charge is 0.399 e. The molecule has 1 aliphatic carbocycles. The fraction of sp³-hybridized carbons (Fsp3) is 0.625. The first-order valence-electron chi connectivity index (χ1n) is 7.02. The zero-order chi connectivity index (χ0) is 13.0. The molecule has 0 aliphatic heterocycles. The quantitative estimate of drug-likeness (QED) is 0.821. The molecular formula is C16H25NO. The maximum Gasteiger partial charge on any atom is 0.0575 e. The number of anilines is 1. The molecule has 1 aromatic rings. The lowest BCUT2D eigenvalue weighted by Crippen LogP contribution is -2.27. The average Bonchev–Trinajstić information content (AvgIpc) is 2.34. The van der Waals surface area contributed by atoms with E-state index in [0.29, 0.717) is 11.5 Å². The van der Waals surface area contributed by atoms with Crippen molar-refractivity contribution in [2.45, 2.75) is 52.1 Å². The molecular weight excluding hydrogens is 222 g/mol. The maximum absolute atomic E-state index is 5.98. The van der Waals surface area contributed by atoms with Crippen molar-refractivity contribution in [3.63, 3.8) is 0 Å². The van der Waals surface area contributed by atoms with E-state index in [-0.39, 0.29) is 0 Å². The van der Waals surface area contributed by atoms with Crippen molar-refractivity contribution in [1.82, 2.24) is 0 Å². The molecule has 0 unspecified atom stereocenters. The second kappa shape index (κ2) is 5.75. The van der Waals surface area contributed by atoms with Crippen LogP contribution >= 0.6 is 0 Å². The van der Waals surface area contributed by atoms with Crippen LogP contribution in [0.1, 0.15) is 45.1 Å². The summed E-state index contributed by atoms with van der Waals surface area (Å²) in [6.07, 6.45) is 6.36. The molecule has 0 spiro atoms. The number of hydrogen-bond acceptors (Lipinski definition) is 2. The Balaban J connectivity index is 1.72. The van der Waals surface area contributed by atoms with Gasteiger partial charge in [0.05, 0.1) is 12.7 Å². The zero-order valence-electron chi connectivity index (χ0n) is 11.6. The van der Waals surface area contributed by atoms with Crippen LogP contribution in [0.25, 0.3) is 0 Å². The van der Waals surface area contributed by atoms with Gasteiger partial charge in [-0.25, -0.2) is 0 Å². The van der Waals surface area contributed by atoms with Crippen molar-refractivity contribution in [2.24, 2.45) is 5.41 Å². The SMILES string of the molecule is CC1(C)CCC(OCCc2ccccc2N)CC1.